The molecule has 1 fully saturated rings. The molecule has 0 spiro atoms. The standard InChI is InChI=1S/C10H17NO6S/c1-17-10(14)8-4-2-6-11(8)18(15,16)7-3-5-9(12)13/h8H,2-7H2,1H3,(H,12,13). The summed E-state index contributed by atoms with van der Waals surface area (Å²) in [7, 11) is -2.37. The fourth-order valence-corrected chi connectivity index (χ4v) is 3.70. The molecule has 0 aromatic heterocycles. The first kappa shape index (κ1) is 14.9. The SMILES string of the molecule is COC(=O)C1CCCN1S(=O)(=O)CCCC(=O)O. The van der Waals surface area contributed by atoms with Crippen molar-refractivity contribution in [2.75, 3.05) is 19.4 Å². The molecule has 1 atom stereocenters. The second-order valence-electron chi connectivity index (χ2n) is 4.11. The molecular formula is C10H17NO6S. The van der Waals surface area contributed by atoms with Gasteiger partial charge in [-0.05, 0) is 19.3 Å². The summed E-state index contributed by atoms with van der Waals surface area (Å²) in [5, 5.41) is 8.47. The van der Waals surface area contributed by atoms with E-state index in [0.717, 1.165) is 4.31 Å². The number of sulfonamides is 1. The van der Waals surface area contributed by atoms with Crippen LogP contribution in [0.3, 0.4) is 0 Å². The summed E-state index contributed by atoms with van der Waals surface area (Å²) in [5.41, 5.74) is 0. The molecule has 7 nitrogen and oxygen atoms in total. The molecule has 1 rings (SSSR count). The molecule has 1 unspecified atom stereocenters. The molecule has 0 bridgehead atoms. The van der Waals surface area contributed by atoms with Crippen molar-refractivity contribution in [3.8, 4) is 0 Å². The third-order valence-electron chi connectivity index (χ3n) is 2.83. The van der Waals surface area contributed by atoms with Crippen LogP contribution in [0.5, 0.6) is 0 Å². The third kappa shape index (κ3) is 3.67. The van der Waals surface area contributed by atoms with E-state index in [2.05, 4.69) is 4.74 Å². The Kier molecular flexibility index (Phi) is 5.09. The van der Waals surface area contributed by atoms with Gasteiger partial charge >= 0.3 is 11.9 Å². The fraction of sp³-hybridized carbons (Fsp3) is 0.800. The van der Waals surface area contributed by atoms with Crippen LogP contribution in [0.4, 0.5) is 0 Å². The summed E-state index contributed by atoms with van der Waals surface area (Å²) >= 11 is 0. The Morgan fingerprint density at radius 3 is 2.67 bits per heavy atom. The maximum atomic E-state index is 12.0. The van der Waals surface area contributed by atoms with E-state index in [-0.39, 0.29) is 25.1 Å². The van der Waals surface area contributed by atoms with Crippen molar-refractivity contribution in [3.63, 3.8) is 0 Å². The van der Waals surface area contributed by atoms with E-state index in [9.17, 15) is 18.0 Å². The Hall–Kier alpha value is -1.15. The Morgan fingerprint density at radius 2 is 2.11 bits per heavy atom. The summed E-state index contributed by atoms with van der Waals surface area (Å²) in [6.07, 6.45) is 0.904. The van der Waals surface area contributed by atoms with Gasteiger partial charge in [-0.3, -0.25) is 9.59 Å². The van der Waals surface area contributed by atoms with Crippen molar-refractivity contribution < 1.29 is 27.9 Å². The van der Waals surface area contributed by atoms with Crippen LogP contribution in [0.2, 0.25) is 0 Å². The van der Waals surface area contributed by atoms with Crippen LogP contribution in [0, 0.1) is 0 Å². The molecule has 0 aliphatic carbocycles. The Morgan fingerprint density at radius 1 is 1.44 bits per heavy atom. The van der Waals surface area contributed by atoms with Gasteiger partial charge in [0.15, 0.2) is 0 Å². The van der Waals surface area contributed by atoms with Crippen LogP contribution >= 0.6 is 0 Å². The second-order valence-corrected chi connectivity index (χ2v) is 6.15. The molecule has 104 valence electrons. The van der Waals surface area contributed by atoms with Gasteiger partial charge in [-0.1, -0.05) is 0 Å². The van der Waals surface area contributed by atoms with Gasteiger partial charge in [0, 0.05) is 13.0 Å². The number of methoxy groups -OCH3 is 1. The van der Waals surface area contributed by atoms with Crippen molar-refractivity contribution in [3.05, 3.63) is 0 Å². The van der Waals surface area contributed by atoms with Crippen molar-refractivity contribution in [1.82, 2.24) is 4.31 Å². The molecule has 1 heterocycles. The van der Waals surface area contributed by atoms with Crippen LogP contribution in [0.25, 0.3) is 0 Å². The lowest BCUT2D eigenvalue weighted by Gasteiger charge is -2.21. The van der Waals surface area contributed by atoms with E-state index >= 15 is 0 Å². The van der Waals surface area contributed by atoms with Gasteiger partial charge in [0.1, 0.15) is 6.04 Å². The molecule has 1 saturated heterocycles. The van der Waals surface area contributed by atoms with E-state index in [4.69, 9.17) is 5.11 Å². The molecule has 0 aromatic rings. The minimum absolute atomic E-state index is 0.0437. The number of carbonyl (C=O) groups is 2. The van der Waals surface area contributed by atoms with E-state index in [1.54, 1.807) is 0 Å². The van der Waals surface area contributed by atoms with Gasteiger partial charge in [-0.2, -0.15) is 4.31 Å². The van der Waals surface area contributed by atoms with Crippen molar-refractivity contribution >= 4 is 22.0 Å². The van der Waals surface area contributed by atoms with E-state index in [1.807, 2.05) is 0 Å². The number of carbonyl (C=O) groups excluding carboxylic acids is 1. The number of hydrogen-bond acceptors (Lipinski definition) is 5. The number of carboxylic acids is 1. The number of aliphatic carboxylic acids is 1. The number of hydrogen-bond donors (Lipinski definition) is 1. The highest BCUT2D eigenvalue weighted by atomic mass is 32.2. The van der Waals surface area contributed by atoms with Crippen LogP contribution in [0.1, 0.15) is 25.7 Å². The molecule has 0 amide bonds. The van der Waals surface area contributed by atoms with E-state index in [1.165, 1.54) is 7.11 Å². The predicted molar refractivity (Wildman–Crippen MR) is 62.4 cm³/mol. The zero-order valence-electron chi connectivity index (χ0n) is 10.2. The lowest BCUT2D eigenvalue weighted by molar-refractivity contribution is -0.144. The Balaban J connectivity index is 2.66. The average molecular weight is 279 g/mol. The molecule has 1 aliphatic rings. The summed E-state index contributed by atoms with van der Waals surface area (Å²) in [5.74, 6) is -1.85. The molecule has 0 radical (unpaired) electrons. The first-order valence-electron chi connectivity index (χ1n) is 5.67. The molecule has 1 N–H and O–H groups in total. The summed E-state index contributed by atoms with van der Waals surface area (Å²) in [6, 6.07) is -0.759. The van der Waals surface area contributed by atoms with Crippen LogP contribution in [0.15, 0.2) is 0 Å². The van der Waals surface area contributed by atoms with E-state index < -0.39 is 28.0 Å². The van der Waals surface area contributed by atoms with Gasteiger partial charge in [0.25, 0.3) is 0 Å². The zero-order chi connectivity index (χ0) is 13.8. The lowest BCUT2D eigenvalue weighted by Crippen LogP contribution is -2.42. The van der Waals surface area contributed by atoms with Gasteiger partial charge in [-0.15, -0.1) is 0 Å². The molecule has 8 heteroatoms. The number of rotatable bonds is 6. The first-order valence-corrected chi connectivity index (χ1v) is 7.28. The zero-order valence-corrected chi connectivity index (χ0v) is 11.0. The lowest BCUT2D eigenvalue weighted by atomic mass is 10.2. The molecule has 18 heavy (non-hydrogen) atoms. The third-order valence-corrected chi connectivity index (χ3v) is 4.78. The van der Waals surface area contributed by atoms with Crippen molar-refractivity contribution in [2.24, 2.45) is 0 Å². The summed E-state index contributed by atoms with van der Waals surface area (Å²) < 4.78 is 29.6. The summed E-state index contributed by atoms with van der Waals surface area (Å²) in [6.45, 7) is 0.287. The van der Waals surface area contributed by atoms with Crippen LogP contribution < -0.4 is 0 Å². The van der Waals surface area contributed by atoms with Crippen molar-refractivity contribution in [2.45, 2.75) is 31.7 Å². The number of ether oxygens (including phenoxy) is 1. The van der Waals surface area contributed by atoms with Gasteiger partial charge in [0.05, 0.1) is 12.9 Å². The van der Waals surface area contributed by atoms with E-state index in [0.29, 0.717) is 12.8 Å². The highest BCUT2D eigenvalue weighted by Gasteiger charge is 2.38. The normalized spacial score (nSPS) is 20.8. The first-order chi connectivity index (χ1) is 8.38. The minimum Gasteiger partial charge on any atom is -0.481 e. The van der Waals surface area contributed by atoms with Crippen LogP contribution in [-0.2, 0) is 24.3 Å². The molecular weight excluding hydrogens is 262 g/mol. The smallest absolute Gasteiger partial charge is 0.324 e. The maximum absolute atomic E-state index is 12.0. The summed E-state index contributed by atoms with van der Waals surface area (Å²) in [4.78, 5) is 21.8. The monoisotopic (exact) mass is 279 g/mol. The number of carboxylic acid groups (broad SMARTS) is 1. The quantitative estimate of drug-likeness (QED) is 0.677. The van der Waals surface area contributed by atoms with Gasteiger partial charge in [0.2, 0.25) is 10.0 Å². The largest absolute Gasteiger partial charge is 0.481 e. The van der Waals surface area contributed by atoms with Gasteiger partial charge < -0.3 is 9.84 Å². The number of esters is 1. The average Bonchev–Trinajstić information content (AvgIpc) is 2.76. The second kappa shape index (κ2) is 6.14. The fourth-order valence-electron chi connectivity index (χ4n) is 1.97. The van der Waals surface area contributed by atoms with Crippen molar-refractivity contribution in [1.29, 1.82) is 0 Å². The molecule has 1 aliphatic heterocycles. The van der Waals surface area contributed by atoms with Gasteiger partial charge in [-0.25, -0.2) is 8.42 Å². The Bertz CT molecular complexity index is 418. The molecule has 0 aromatic carbocycles. The minimum atomic E-state index is -3.59. The van der Waals surface area contributed by atoms with Crippen LogP contribution in [-0.4, -0.2) is 55.2 Å². The topological polar surface area (TPSA) is 101 Å². The number of nitrogens with zero attached hydrogens (tertiary/aromatic N) is 1. The molecule has 0 saturated carbocycles. The highest BCUT2D eigenvalue weighted by molar-refractivity contribution is 7.89. The maximum Gasteiger partial charge on any atom is 0.324 e. The predicted octanol–water partition coefficient (Wildman–Crippen LogP) is -0.182. The highest BCUT2D eigenvalue weighted by Crippen LogP contribution is 2.22. The Labute approximate surface area is 106 Å².